The van der Waals surface area contributed by atoms with Crippen molar-refractivity contribution in [3.63, 3.8) is 0 Å². The molecule has 0 aliphatic carbocycles. The molecule has 14 heavy (non-hydrogen) atoms. The van der Waals surface area contributed by atoms with Crippen LogP contribution in [0.15, 0.2) is 4.52 Å². The van der Waals surface area contributed by atoms with Gasteiger partial charge in [-0.25, -0.2) is 0 Å². The van der Waals surface area contributed by atoms with Gasteiger partial charge in [0.2, 0.25) is 5.89 Å². The van der Waals surface area contributed by atoms with Gasteiger partial charge in [0.25, 0.3) is 0 Å². The minimum atomic E-state index is -0.162. The lowest BCUT2D eigenvalue weighted by atomic mass is 10.2. The van der Waals surface area contributed by atoms with Gasteiger partial charge in [-0.1, -0.05) is 18.5 Å². The van der Waals surface area contributed by atoms with Crippen molar-refractivity contribution in [1.82, 2.24) is 10.1 Å². The van der Waals surface area contributed by atoms with Crippen LogP contribution in [0, 0.1) is 0 Å². The summed E-state index contributed by atoms with van der Waals surface area (Å²) in [5.74, 6) is 1.04. The average molecular weight is 199 g/mol. The lowest BCUT2D eigenvalue weighted by Gasteiger charge is -2.03. The summed E-state index contributed by atoms with van der Waals surface area (Å²) in [6.45, 7) is 3.93. The summed E-state index contributed by atoms with van der Waals surface area (Å²) in [6, 6.07) is -0.162. The molecule has 1 rings (SSSR count). The molecule has 0 aromatic carbocycles. The summed E-state index contributed by atoms with van der Waals surface area (Å²) < 4.78 is 10.1. The van der Waals surface area contributed by atoms with Crippen LogP contribution in [-0.2, 0) is 4.74 Å². The highest BCUT2D eigenvalue weighted by molar-refractivity contribution is 4.93. The van der Waals surface area contributed by atoms with E-state index in [9.17, 15) is 0 Å². The number of aromatic nitrogens is 2. The third-order valence-electron chi connectivity index (χ3n) is 2.09. The van der Waals surface area contributed by atoms with Crippen molar-refractivity contribution in [3.8, 4) is 0 Å². The van der Waals surface area contributed by atoms with Crippen molar-refractivity contribution < 1.29 is 9.26 Å². The van der Waals surface area contributed by atoms with Crippen LogP contribution in [-0.4, -0.2) is 17.3 Å². The Morgan fingerprint density at radius 2 is 2.29 bits per heavy atom. The largest absolute Gasteiger partial charge is 0.374 e. The van der Waals surface area contributed by atoms with Gasteiger partial charge >= 0.3 is 0 Å². The first kappa shape index (κ1) is 11.1. The Morgan fingerprint density at radius 3 is 2.86 bits per heavy atom. The molecule has 0 fully saturated rings. The van der Waals surface area contributed by atoms with Gasteiger partial charge in [0.05, 0.1) is 6.04 Å². The van der Waals surface area contributed by atoms with Crippen molar-refractivity contribution in [2.75, 3.05) is 7.11 Å². The highest BCUT2D eigenvalue weighted by Gasteiger charge is 2.16. The van der Waals surface area contributed by atoms with Crippen molar-refractivity contribution >= 4 is 0 Å². The molecular formula is C9H17N3O2. The zero-order valence-corrected chi connectivity index (χ0v) is 8.86. The molecule has 0 aliphatic rings. The molecule has 0 spiro atoms. The van der Waals surface area contributed by atoms with Crippen LogP contribution >= 0.6 is 0 Å². The maximum absolute atomic E-state index is 5.82. The number of ether oxygens (including phenoxy) is 1. The number of rotatable bonds is 5. The quantitative estimate of drug-likeness (QED) is 0.779. The molecule has 0 saturated heterocycles. The Hall–Kier alpha value is -0.940. The first-order valence-corrected chi connectivity index (χ1v) is 4.80. The lowest BCUT2D eigenvalue weighted by Crippen LogP contribution is -2.10. The number of nitrogens with zero attached hydrogens (tertiary/aromatic N) is 2. The monoisotopic (exact) mass is 199 g/mol. The molecule has 1 aromatic rings. The summed E-state index contributed by atoms with van der Waals surface area (Å²) in [7, 11) is 1.60. The van der Waals surface area contributed by atoms with E-state index in [1.54, 1.807) is 7.11 Å². The third-order valence-corrected chi connectivity index (χ3v) is 2.09. The van der Waals surface area contributed by atoms with E-state index < -0.39 is 0 Å². The topological polar surface area (TPSA) is 74.2 Å². The molecule has 80 valence electrons. The summed E-state index contributed by atoms with van der Waals surface area (Å²) in [4.78, 5) is 4.17. The second-order valence-corrected chi connectivity index (χ2v) is 3.26. The summed E-state index contributed by atoms with van der Waals surface area (Å²) in [5, 5.41) is 3.80. The van der Waals surface area contributed by atoms with Gasteiger partial charge in [-0.3, -0.25) is 0 Å². The van der Waals surface area contributed by atoms with Gasteiger partial charge in [0.1, 0.15) is 6.10 Å². The molecule has 2 N–H and O–H groups in total. The van der Waals surface area contributed by atoms with Crippen molar-refractivity contribution in [1.29, 1.82) is 0 Å². The molecule has 0 saturated carbocycles. The molecule has 1 aromatic heterocycles. The molecule has 1 heterocycles. The molecule has 5 heteroatoms. The Labute approximate surface area is 83.6 Å². The van der Waals surface area contributed by atoms with Gasteiger partial charge in [-0.05, 0) is 13.3 Å². The van der Waals surface area contributed by atoms with Crippen molar-refractivity contribution in [2.24, 2.45) is 5.73 Å². The molecule has 1 unspecified atom stereocenters. The highest BCUT2D eigenvalue weighted by Crippen LogP contribution is 2.17. The SMILES string of the molecule is CCC[C@@H](N)c1nc(C(C)OC)no1. The predicted octanol–water partition coefficient (Wildman–Crippen LogP) is 1.58. The minimum Gasteiger partial charge on any atom is -0.374 e. The summed E-state index contributed by atoms with van der Waals surface area (Å²) in [5.41, 5.74) is 5.82. The minimum absolute atomic E-state index is 0.152. The zero-order valence-electron chi connectivity index (χ0n) is 8.86. The maximum Gasteiger partial charge on any atom is 0.243 e. The van der Waals surface area contributed by atoms with E-state index in [0.29, 0.717) is 11.7 Å². The lowest BCUT2D eigenvalue weighted by molar-refractivity contribution is 0.109. The van der Waals surface area contributed by atoms with Crippen LogP contribution in [0.4, 0.5) is 0 Å². The Balaban J connectivity index is 2.67. The van der Waals surface area contributed by atoms with Crippen LogP contribution in [0.1, 0.15) is 50.6 Å². The van der Waals surface area contributed by atoms with Crippen LogP contribution in [0.3, 0.4) is 0 Å². The number of nitrogens with two attached hydrogens (primary N) is 1. The number of hydrogen-bond donors (Lipinski definition) is 1. The summed E-state index contributed by atoms with van der Waals surface area (Å²) in [6.07, 6.45) is 1.70. The van der Waals surface area contributed by atoms with E-state index in [1.165, 1.54) is 0 Å². The maximum atomic E-state index is 5.82. The first-order valence-electron chi connectivity index (χ1n) is 4.80. The number of hydrogen-bond acceptors (Lipinski definition) is 5. The molecule has 0 aliphatic heterocycles. The van der Waals surface area contributed by atoms with E-state index in [1.807, 2.05) is 6.92 Å². The molecule has 0 amide bonds. The third kappa shape index (κ3) is 2.52. The van der Waals surface area contributed by atoms with Crippen LogP contribution in [0.5, 0.6) is 0 Å². The predicted molar refractivity (Wildman–Crippen MR) is 51.6 cm³/mol. The molecule has 2 atom stereocenters. The van der Waals surface area contributed by atoms with Crippen molar-refractivity contribution in [2.45, 2.75) is 38.8 Å². The van der Waals surface area contributed by atoms with E-state index >= 15 is 0 Å². The average Bonchev–Trinajstić information content (AvgIpc) is 2.66. The van der Waals surface area contributed by atoms with Crippen LogP contribution < -0.4 is 5.73 Å². The second kappa shape index (κ2) is 5.07. The van der Waals surface area contributed by atoms with Crippen LogP contribution in [0.25, 0.3) is 0 Å². The van der Waals surface area contributed by atoms with E-state index in [2.05, 4.69) is 17.1 Å². The Morgan fingerprint density at radius 1 is 1.57 bits per heavy atom. The van der Waals surface area contributed by atoms with Gasteiger partial charge in [0, 0.05) is 7.11 Å². The standard InChI is InChI=1S/C9H17N3O2/c1-4-5-7(10)9-11-8(12-14-9)6(2)13-3/h6-7H,4-5,10H2,1-3H3/t6?,7-/m1/s1. The van der Waals surface area contributed by atoms with E-state index in [4.69, 9.17) is 15.0 Å². The molecule has 0 bridgehead atoms. The Bertz CT molecular complexity index is 275. The molecule has 0 radical (unpaired) electrons. The van der Waals surface area contributed by atoms with E-state index in [0.717, 1.165) is 12.8 Å². The summed E-state index contributed by atoms with van der Waals surface area (Å²) >= 11 is 0. The fourth-order valence-corrected chi connectivity index (χ4v) is 1.10. The molecule has 5 nitrogen and oxygen atoms in total. The van der Waals surface area contributed by atoms with Gasteiger partial charge < -0.3 is 15.0 Å². The highest BCUT2D eigenvalue weighted by atomic mass is 16.5. The van der Waals surface area contributed by atoms with Crippen LogP contribution in [0.2, 0.25) is 0 Å². The fraction of sp³-hybridized carbons (Fsp3) is 0.778. The van der Waals surface area contributed by atoms with Gasteiger partial charge in [-0.2, -0.15) is 4.98 Å². The first-order chi connectivity index (χ1) is 6.69. The normalized spacial score (nSPS) is 15.4. The van der Waals surface area contributed by atoms with Gasteiger partial charge in [-0.15, -0.1) is 0 Å². The molecular weight excluding hydrogens is 182 g/mol. The van der Waals surface area contributed by atoms with Crippen molar-refractivity contribution in [3.05, 3.63) is 11.7 Å². The zero-order chi connectivity index (χ0) is 10.6. The fourth-order valence-electron chi connectivity index (χ4n) is 1.10. The Kier molecular flexibility index (Phi) is 4.03. The smallest absolute Gasteiger partial charge is 0.243 e. The van der Waals surface area contributed by atoms with Gasteiger partial charge in [0.15, 0.2) is 5.82 Å². The second-order valence-electron chi connectivity index (χ2n) is 3.26. The number of methoxy groups -OCH3 is 1. The van der Waals surface area contributed by atoms with E-state index in [-0.39, 0.29) is 12.1 Å².